The summed E-state index contributed by atoms with van der Waals surface area (Å²) in [6, 6.07) is 0. The number of rotatable bonds is 6. The summed E-state index contributed by atoms with van der Waals surface area (Å²) in [6.45, 7) is 8.15. The summed E-state index contributed by atoms with van der Waals surface area (Å²) in [5.74, 6) is 5.86. The Morgan fingerprint density at radius 2 is 2.07 bits per heavy atom. The van der Waals surface area contributed by atoms with Gasteiger partial charge < -0.3 is 4.74 Å². The second-order valence-electron chi connectivity index (χ2n) is 3.37. The highest BCUT2D eigenvalue weighted by molar-refractivity contribution is 5.72. The van der Waals surface area contributed by atoms with Crippen LogP contribution in [0.4, 0.5) is 0 Å². The summed E-state index contributed by atoms with van der Waals surface area (Å²) in [5, 5.41) is 0. The van der Waals surface area contributed by atoms with Gasteiger partial charge in [-0.05, 0) is 13.3 Å². The molecule has 0 fully saturated rings. The van der Waals surface area contributed by atoms with Crippen LogP contribution in [0.25, 0.3) is 0 Å². The lowest BCUT2D eigenvalue weighted by Crippen LogP contribution is -2.04. The van der Waals surface area contributed by atoms with E-state index in [1.54, 1.807) is 6.92 Å². The molecule has 0 unspecified atom stereocenters. The molecule has 0 amide bonds. The largest absolute Gasteiger partial charge is 0.466 e. The van der Waals surface area contributed by atoms with E-state index in [0.29, 0.717) is 13.0 Å². The number of carbonyl (C=O) groups is 1. The average molecular weight is 208 g/mol. The Balaban J connectivity index is 3.63. The summed E-state index contributed by atoms with van der Waals surface area (Å²) < 4.78 is 4.81. The molecule has 0 aliphatic rings. The van der Waals surface area contributed by atoms with Crippen LogP contribution >= 0.6 is 0 Å². The van der Waals surface area contributed by atoms with E-state index >= 15 is 0 Å². The molecule has 0 aliphatic carbocycles. The van der Waals surface area contributed by atoms with Gasteiger partial charge in [-0.1, -0.05) is 31.4 Å². The zero-order valence-corrected chi connectivity index (χ0v) is 9.77. The molecule has 0 bridgehead atoms. The maximum Gasteiger partial charge on any atom is 0.309 e. The van der Waals surface area contributed by atoms with E-state index in [-0.39, 0.29) is 12.4 Å². The molecule has 0 saturated carbocycles. The van der Waals surface area contributed by atoms with Crippen molar-refractivity contribution in [1.82, 2.24) is 0 Å². The van der Waals surface area contributed by atoms with Crippen molar-refractivity contribution in [1.29, 1.82) is 0 Å². The SMILES string of the molecule is C=C(CC#CCCCC)CC(=O)OCC. The lowest BCUT2D eigenvalue weighted by molar-refractivity contribution is -0.142. The Labute approximate surface area is 92.7 Å². The van der Waals surface area contributed by atoms with Crippen molar-refractivity contribution in [2.24, 2.45) is 0 Å². The van der Waals surface area contributed by atoms with Crippen molar-refractivity contribution < 1.29 is 9.53 Å². The Hall–Kier alpha value is -1.23. The van der Waals surface area contributed by atoms with Crippen LogP contribution in [0.2, 0.25) is 0 Å². The zero-order valence-electron chi connectivity index (χ0n) is 9.77. The molecule has 0 spiro atoms. The van der Waals surface area contributed by atoms with Crippen LogP contribution in [0.1, 0.15) is 46.0 Å². The van der Waals surface area contributed by atoms with E-state index in [1.165, 1.54) is 6.42 Å². The standard InChI is InChI=1S/C13H20O2/c1-4-6-7-8-9-10-12(3)11-13(14)15-5-2/h3-7,10-11H2,1-2H3. The zero-order chi connectivity index (χ0) is 11.5. The number of unbranched alkanes of at least 4 members (excludes halogenated alkanes) is 2. The molecule has 15 heavy (non-hydrogen) atoms. The fourth-order valence-corrected chi connectivity index (χ4v) is 1.02. The molecule has 0 aliphatic heterocycles. The number of esters is 1. The van der Waals surface area contributed by atoms with Crippen molar-refractivity contribution in [2.45, 2.75) is 46.0 Å². The smallest absolute Gasteiger partial charge is 0.309 e. The predicted octanol–water partition coefficient (Wildman–Crippen LogP) is 3.08. The summed E-state index contributed by atoms with van der Waals surface area (Å²) in [4.78, 5) is 11.1. The number of carbonyl (C=O) groups excluding carboxylic acids is 1. The first-order chi connectivity index (χ1) is 7.20. The molecule has 0 N–H and O–H groups in total. The van der Waals surface area contributed by atoms with Crippen molar-refractivity contribution in [3.8, 4) is 11.8 Å². The summed E-state index contributed by atoms with van der Waals surface area (Å²) in [7, 11) is 0. The first kappa shape index (κ1) is 13.8. The molecular formula is C13H20O2. The van der Waals surface area contributed by atoms with Gasteiger partial charge in [0.05, 0.1) is 13.0 Å². The second-order valence-corrected chi connectivity index (χ2v) is 3.37. The van der Waals surface area contributed by atoms with Crippen LogP contribution in [0.15, 0.2) is 12.2 Å². The minimum absolute atomic E-state index is 0.210. The van der Waals surface area contributed by atoms with Gasteiger partial charge in [-0.2, -0.15) is 0 Å². The van der Waals surface area contributed by atoms with E-state index in [0.717, 1.165) is 18.4 Å². The van der Waals surface area contributed by atoms with E-state index in [4.69, 9.17) is 4.74 Å². The maximum absolute atomic E-state index is 11.1. The van der Waals surface area contributed by atoms with E-state index in [9.17, 15) is 4.79 Å². The molecule has 0 heterocycles. The molecule has 2 heteroatoms. The predicted molar refractivity (Wildman–Crippen MR) is 62.3 cm³/mol. The molecule has 84 valence electrons. The van der Waals surface area contributed by atoms with Crippen LogP contribution in [-0.4, -0.2) is 12.6 Å². The number of hydrogen-bond acceptors (Lipinski definition) is 2. The molecule has 0 saturated heterocycles. The van der Waals surface area contributed by atoms with Crippen LogP contribution in [0.5, 0.6) is 0 Å². The van der Waals surface area contributed by atoms with Gasteiger partial charge in [0.1, 0.15) is 0 Å². The molecule has 0 aromatic rings. The highest BCUT2D eigenvalue weighted by Gasteiger charge is 2.02. The third-order valence-electron chi connectivity index (χ3n) is 1.82. The van der Waals surface area contributed by atoms with Crippen molar-refractivity contribution in [2.75, 3.05) is 6.61 Å². The third kappa shape index (κ3) is 9.08. The minimum Gasteiger partial charge on any atom is -0.466 e. The molecule has 0 rings (SSSR count). The highest BCUT2D eigenvalue weighted by atomic mass is 16.5. The normalized spacial score (nSPS) is 8.93. The number of ether oxygens (including phenoxy) is 1. The van der Waals surface area contributed by atoms with E-state index in [2.05, 4.69) is 25.3 Å². The summed E-state index contributed by atoms with van der Waals surface area (Å²) >= 11 is 0. The van der Waals surface area contributed by atoms with Crippen LogP contribution in [0, 0.1) is 11.8 Å². The Morgan fingerprint density at radius 1 is 1.33 bits per heavy atom. The van der Waals surface area contributed by atoms with Gasteiger partial charge in [-0.25, -0.2) is 0 Å². The lowest BCUT2D eigenvalue weighted by Gasteiger charge is -2.01. The molecular weight excluding hydrogens is 188 g/mol. The van der Waals surface area contributed by atoms with Gasteiger partial charge in [0.2, 0.25) is 0 Å². The lowest BCUT2D eigenvalue weighted by atomic mass is 10.1. The van der Waals surface area contributed by atoms with Crippen LogP contribution < -0.4 is 0 Å². The van der Waals surface area contributed by atoms with Gasteiger partial charge in [0.25, 0.3) is 0 Å². The van der Waals surface area contributed by atoms with Crippen LogP contribution in [0.3, 0.4) is 0 Å². The van der Waals surface area contributed by atoms with Gasteiger partial charge in [0, 0.05) is 12.8 Å². The van der Waals surface area contributed by atoms with E-state index in [1.807, 2.05) is 0 Å². The highest BCUT2D eigenvalue weighted by Crippen LogP contribution is 2.04. The topological polar surface area (TPSA) is 26.3 Å². The van der Waals surface area contributed by atoms with Gasteiger partial charge >= 0.3 is 5.97 Å². The van der Waals surface area contributed by atoms with Crippen molar-refractivity contribution in [3.05, 3.63) is 12.2 Å². The third-order valence-corrected chi connectivity index (χ3v) is 1.82. The Bertz CT molecular complexity index is 255. The monoisotopic (exact) mass is 208 g/mol. The molecule has 0 atom stereocenters. The maximum atomic E-state index is 11.1. The molecule has 0 radical (unpaired) electrons. The summed E-state index contributed by atoms with van der Waals surface area (Å²) in [5.41, 5.74) is 0.831. The Morgan fingerprint density at radius 3 is 2.67 bits per heavy atom. The second kappa shape index (κ2) is 9.33. The molecule has 0 aromatic heterocycles. The fraction of sp³-hybridized carbons (Fsp3) is 0.615. The first-order valence-electron chi connectivity index (χ1n) is 5.48. The quantitative estimate of drug-likeness (QED) is 0.290. The van der Waals surface area contributed by atoms with E-state index < -0.39 is 0 Å². The molecule has 2 nitrogen and oxygen atoms in total. The first-order valence-corrected chi connectivity index (χ1v) is 5.48. The Kier molecular flexibility index (Phi) is 8.56. The van der Waals surface area contributed by atoms with Gasteiger partial charge in [-0.3, -0.25) is 4.79 Å². The van der Waals surface area contributed by atoms with Crippen molar-refractivity contribution in [3.63, 3.8) is 0 Å². The van der Waals surface area contributed by atoms with Gasteiger partial charge in [0.15, 0.2) is 0 Å². The summed E-state index contributed by atoms with van der Waals surface area (Å²) in [6.07, 6.45) is 4.12. The number of hydrogen-bond donors (Lipinski definition) is 0. The van der Waals surface area contributed by atoms with Crippen LogP contribution in [-0.2, 0) is 9.53 Å². The average Bonchev–Trinajstić information content (AvgIpc) is 2.17. The van der Waals surface area contributed by atoms with Crippen molar-refractivity contribution >= 4 is 5.97 Å². The fourth-order valence-electron chi connectivity index (χ4n) is 1.02. The minimum atomic E-state index is -0.210. The molecule has 0 aromatic carbocycles. The van der Waals surface area contributed by atoms with Gasteiger partial charge in [-0.15, -0.1) is 5.92 Å².